The molecule has 0 radical (unpaired) electrons. The molecule has 3 rings (SSSR count). The zero-order valence-corrected chi connectivity index (χ0v) is 19.6. The van der Waals surface area contributed by atoms with Crippen molar-refractivity contribution in [1.29, 1.82) is 0 Å². The molecule has 0 spiro atoms. The van der Waals surface area contributed by atoms with Crippen LogP contribution in [0.25, 0.3) is 0 Å². The summed E-state index contributed by atoms with van der Waals surface area (Å²) in [4.78, 5) is 25.0. The van der Waals surface area contributed by atoms with Crippen molar-refractivity contribution in [1.82, 2.24) is 9.62 Å². The number of rotatable bonds is 10. The summed E-state index contributed by atoms with van der Waals surface area (Å²) >= 11 is 0. The molecule has 9 nitrogen and oxygen atoms in total. The van der Waals surface area contributed by atoms with Crippen molar-refractivity contribution in [3.63, 3.8) is 0 Å². The maximum atomic E-state index is 12.6. The second-order valence-corrected chi connectivity index (χ2v) is 9.98. The van der Waals surface area contributed by atoms with Crippen LogP contribution in [0.4, 0.5) is 5.69 Å². The maximum Gasteiger partial charge on any atom is 0.262 e. The van der Waals surface area contributed by atoms with Gasteiger partial charge in [0.25, 0.3) is 11.8 Å². The van der Waals surface area contributed by atoms with Gasteiger partial charge in [0.05, 0.1) is 23.6 Å². The van der Waals surface area contributed by atoms with Crippen molar-refractivity contribution in [3.8, 4) is 5.75 Å². The predicted molar refractivity (Wildman–Crippen MR) is 125 cm³/mol. The number of hydrogen-bond donors (Lipinski definition) is 2. The summed E-state index contributed by atoms with van der Waals surface area (Å²) in [6.45, 7) is 1.15. The lowest BCUT2D eigenvalue weighted by atomic mass is 10.1. The fourth-order valence-electron chi connectivity index (χ4n) is 3.30. The molecule has 2 amide bonds. The summed E-state index contributed by atoms with van der Waals surface area (Å²) < 4.78 is 35.3. The van der Waals surface area contributed by atoms with Gasteiger partial charge in [0.15, 0.2) is 6.61 Å². The van der Waals surface area contributed by atoms with Crippen LogP contribution >= 0.6 is 0 Å². The van der Waals surface area contributed by atoms with Crippen molar-refractivity contribution in [3.05, 3.63) is 59.7 Å². The average molecular weight is 476 g/mol. The zero-order valence-electron chi connectivity index (χ0n) is 18.7. The number of carbonyl (C=O) groups excluding carboxylic acids is 2. The van der Waals surface area contributed by atoms with Crippen LogP contribution in [-0.4, -0.2) is 63.7 Å². The smallest absolute Gasteiger partial charge is 0.262 e. The maximum absolute atomic E-state index is 12.6. The quantitative estimate of drug-likeness (QED) is 0.543. The molecule has 0 aromatic heterocycles. The van der Waals surface area contributed by atoms with Gasteiger partial charge in [-0.3, -0.25) is 9.59 Å². The second kappa shape index (κ2) is 11.3. The lowest BCUT2D eigenvalue weighted by molar-refractivity contribution is -0.118. The van der Waals surface area contributed by atoms with E-state index >= 15 is 0 Å². The van der Waals surface area contributed by atoms with E-state index < -0.39 is 15.9 Å². The van der Waals surface area contributed by atoms with E-state index in [1.807, 2.05) is 0 Å². The van der Waals surface area contributed by atoms with Crippen LogP contribution in [-0.2, 0) is 26.1 Å². The highest BCUT2D eigenvalue weighted by Crippen LogP contribution is 2.17. The highest BCUT2D eigenvalue weighted by atomic mass is 32.2. The van der Waals surface area contributed by atoms with Crippen molar-refractivity contribution in [2.45, 2.75) is 25.5 Å². The van der Waals surface area contributed by atoms with Crippen LogP contribution in [0.2, 0.25) is 0 Å². The normalized spacial score (nSPS) is 15.9. The molecule has 1 aliphatic heterocycles. The first-order valence-electron chi connectivity index (χ1n) is 10.6. The van der Waals surface area contributed by atoms with Crippen LogP contribution in [0.5, 0.6) is 5.75 Å². The predicted octanol–water partition coefficient (Wildman–Crippen LogP) is 2.00. The van der Waals surface area contributed by atoms with Gasteiger partial charge in [-0.2, -0.15) is 0 Å². The van der Waals surface area contributed by atoms with E-state index in [1.165, 1.54) is 11.4 Å². The Morgan fingerprint density at radius 1 is 1.15 bits per heavy atom. The lowest BCUT2D eigenvalue weighted by Crippen LogP contribution is -2.32. The van der Waals surface area contributed by atoms with E-state index in [2.05, 4.69) is 10.6 Å². The monoisotopic (exact) mass is 475 g/mol. The number of nitrogens with one attached hydrogen (secondary N) is 2. The molecular weight excluding hydrogens is 446 g/mol. The van der Waals surface area contributed by atoms with E-state index in [9.17, 15) is 18.0 Å². The standard InChI is InChI=1S/C23H29N3O6S/c1-26(33(2,29)30)15-17-9-11-18(12-10-17)32-16-22(27)25-21-8-4-3-7-20(21)23(28)24-14-19-6-5-13-31-19/h3-4,7-12,19H,5-6,13-16H2,1-2H3,(H,24,28)(H,25,27)/t19-/m0/s1. The Balaban J connectivity index is 1.51. The van der Waals surface area contributed by atoms with Gasteiger partial charge >= 0.3 is 0 Å². The molecule has 0 saturated carbocycles. The van der Waals surface area contributed by atoms with E-state index in [-0.39, 0.29) is 25.2 Å². The SMILES string of the molecule is CN(Cc1ccc(OCC(=O)Nc2ccccc2C(=O)NC[C@@H]2CCCO2)cc1)S(C)(=O)=O. The van der Waals surface area contributed by atoms with E-state index in [1.54, 1.807) is 48.5 Å². The van der Waals surface area contributed by atoms with Gasteiger partial charge in [-0.15, -0.1) is 0 Å². The zero-order chi connectivity index (χ0) is 23.8. The Hall–Kier alpha value is -2.95. The largest absolute Gasteiger partial charge is 0.484 e. The van der Waals surface area contributed by atoms with Crippen LogP contribution < -0.4 is 15.4 Å². The lowest BCUT2D eigenvalue weighted by Gasteiger charge is -2.15. The van der Waals surface area contributed by atoms with Crippen molar-refractivity contribution >= 4 is 27.5 Å². The summed E-state index contributed by atoms with van der Waals surface area (Å²) in [6, 6.07) is 13.6. The molecule has 0 unspecified atom stereocenters. The summed E-state index contributed by atoms with van der Waals surface area (Å²) in [7, 11) is -1.76. The molecule has 1 aliphatic rings. The molecule has 178 valence electrons. The summed E-state index contributed by atoms with van der Waals surface area (Å²) in [5, 5.41) is 5.57. The summed E-state index contributed by atoms with van der Waals surface area (Å²) in [5.74, 6) is -0.217. The first kappa shape index (κ1) is 24.7. The number of anilines is 1. The minimum atomic E-state index is -3.27. The minimum Gasteiger partial charge on any atom is -0.484 e. The number of carbonyl (C=O) groups is 2. The Bertz CT molecular complexity index is 1070. The van der Waals surface area contributed by atoms with Crippen molar-refractivity contribution < 1.29 is 27.5 Å². The molecule has 1 atom stereocenters. The molecule has 2 aromatic rings. The summed E-state index contributed by atoms with van der Waals surface area (Å²) in [5.41, 5.74) is 1.56. The average Bonchev–Trinajstić information content (AvgIpc) is 3.30. The van der Waals surface area contributed by atoms with Gasteiger partial charge in [0, 0.05) is 26.7 Å². The van der Waals surface area contributed by atoms with Gasteiger partial charge in [-0.25, -0.2) is 12.7 Å². The first-order chi connectivity index (χ1) is 15.7. The van der Waals surface area contributed by atoms with Gasteiger partial charge < -0.3 is 20.1 Å². The topological polar surface area (TPSA) is 114 Å². The molecule has 2 N–H and O–H groups in total. The molecule has 1 fully saturated rings. The fraction of sp³-hybridized carbons (Fsp3) is 0.391. The van der Waals surface area contributed by atoms with Crippen LogP contribution in [0.15, 0.2) is 48.5 Å². The Labute approximate surface area is 194 Å². The fourth-order valence-corrected chi connectivity index (χ4v) is 3.68. The van der Waals surface area contributed by atoms with Gasteiger partial charge in [0.2, 0.25) is 10.0 Å². The number of hydrogen-bond acceptors (Lipinski definition) is 6. The van der Waals surface area contributed by atoms with Gasteiger partial charge in [-0.1, -0.05) is 24.3 Å². The minimum absolute atomic E-state index is 0.0299. The van der Waals surface area contributed by atoms with Crippen LogP contribution in [0.1, 0.15) is 28.8 Å². The van der Waals surface area contributed by atoms with E-state index in [0.717, 1.165) is 24.7 Å². The molecule has 0 bridgehead atoms. The number of benzene rings is 2. The highest BCUT2D eigenvalue weighted by molar-refractivity contribution is 7.88. The molecule has 0 aliphatic carbocycles. The van der Waals surface area contributed by atoms with Crippen LogP contribution in [0.3, 0.4) is 0 Å². The molecule has 10 heteroatoms. The van der Waals surface area contributed by atoms with E-state index in [0.29, 0.717) is 30.2 Å². The Morgan fingerprint density at radius 2 is 1.88 bits per heavy atom. The number of para-hydroxylation sites is 1. The third-order valence-electron chi connectivity index (χ3n) is 5.22. The van der Waals surface area contributed by atoms with Gasteiger partial charge in [-0.05, 0) is 42.7 Å². The number of amides is 2. The molecule has 33 heavy (non-hydrogen) atoms. The third-order valence-corrected chi connectivity index (χ3v) is 6.49. The Morgan fingerprint density at radius 3 is 2.55 bits per heavy atom. The highest BCUT2D eigenvalue weighted by Gasteiger charge is 2.18. The second-order valence-electron chi connectivity index (χ2n) is 7.89. The number of sulfonamides is 1. The third kappa shape index (κ3) is 7.55. The van der Waals surface area contributed by atoms with Crippen molar-refractivity contribution in [2.75, 3.05) is 38.4 Å². The number of ether oxygens (including phenoxy) is 2. The molecule has 2 aromatic carbocycles. The first-order valence-corrected chi connectivity index (χ1v) is 12.5. The van der Waals surface area contributed by atoms with E-state index in [4.69, 9.17) is 9.47 Å². The van der Waals surface area contributed by atoms with Crippen molar-refractivity contribution in [2.24, 2.45) is 0 Å². The number of nitrogens with zero attached hydrogens (tertiary/aromatic N) is 1. The molecule has 1 heterocycles. The Kier molecular flexibility index (Phi) is 8.43. The summed E-state index contributed by atoms with van der Waals surface area (Å²) in [6.07, 6.45) is 3.09. The van der Waals surface area contributed by atoms with Crippen LogP contribution in [0, 0.1) is 0 Å². The molecular formula is C23H29N3O6S. The van der Waals surface area contributed by atoms with Gasteiger partial charge in [0.1, 0.15) is 5.75 Å². The molecule has 1 saturated heterocycles.